The summed E-state index contributed by atoms with van der Waals surface area (Å²) in [4.78, 5) is 56.0. The second kappa shape index (κ2) is 26.4. The average molecular weight is 743 g/mol. The normalized spacial score (nSPS) is 14.7. The van der Waals surface area contributed by atoms with E-state index in [1.165, 1.54) is 21.6 Å². The fraction of sp³-hybridized carbons (Fsp3) is 0.333. The summed E-state index contributed by atoms with van der Waals surface area (Å²) < 4.78 is 4.91. The summed E-state index contributed by atoms with van der Waals surface area (Å²) in [5.41, 5.74) is 4.69. The van der Waals surface area contributed by atoms with Crippen LogP contribution in [0.2, 0.25) is 0 Å². The first kappa shape index (κ1) is 44.8. The molecular weight excluding hydrogens is 688 g/mol. The molecule has 3 N–H and O–H groups in total. The molecule has 54 heavy (non-hydrogen) atoms. The Balaban J connectivity index is 0.000000322. The Kier molecular flexibility index (Phi) is 21.9. The number of benzene rings is 4. The Labute approximate surface area is 318 Å². The highest BCUT2D eigenvalue weighted by Crippen LogP contribution is 2.21. The van der Waals surface area contributed by atoms with Gasteiger partial charge in [-0.25, -0.2) is 0 Å². The minimum Gasteiger partial charge on any atom is -0.508 e. The number of methoxy groups -OCH3 is 1. The second-order valence-electron chi connectivity index (χ2n) is 12.4. The number of nitrogens with one attached hydrogen (secondary N) is 1. The highest BCUT2D eigenvalue weighted by Gasteiger charge is 2.41. The number of ether oxygens (including phenoxy) is 1. The van der Waals surface area contributed by atoms with E-state index in [-0.39, 0.29) is 45.1 Å². The fourth-order valence-corrected chi connectivity index (χ4v) is 5.04. The van der Waals surface area contributed by atoms with Crippen LogP contribution in [0.5, 0.6) is 5.75 Å². The van der Waals surface area contributed by atoms with E-state index in [2.05, 4.69) is 43.4 Å². The lowest BCUT2D eigenvalue weighted by Crippen LogP contribution is -2.64. The summed E-state index contributed by atoms with van der Waals surface area (Å²) in [5, 5.41) is 21.3. The average Bonchev–Trinajstić information content (AvgIpc) is 3.18. The van der Waals surface area contributed by atoms with Gasteiger partial charge < -0.3 is 30.0 Å². The highest BCUT2D eigenvalue weighted by atomic mass is 16.7. The smallest absolute Gasteiger partial charge is 0.256 e. The number of nitrogens with zero attached hydrogens (tertiary/aromatic N) is 3. The van der Waals surface area contributed by atoms with E-state index >= 15 is 0 Å². The van der Waals surface area contributed by atoms with E-state index in [4.69, 9.17) is 19.8 Å². The topological polar surface area (TPSA) is 149 Å². The van der Waals surface area contributed by atoms with Crippen molar-refractivity contribution in [1.29, 1.82) is 0 Å². The number of hydrogen-bond donors (Lipinski definition) is 3. The predicted octanol–water partition coefficient (Wildman–Crippen LogP) is 3.97. The second-order valence-corrected chi connectivity index (χ2v) is 12.4. The van der Waals surface area contributed by atoms with Crippen LogP contribution in [-0.4, -0.2) is 115 Å². The van der Waals surface area contributed by atoms with Gasteiger partial charge in [-0.2, -0.15) is 5.06 Å². The minimum absolute atomic E-state index is 0.0141. The number of aliphatic hydroxyl groups is 1. The quantitative estimate of drug-likeness (QED) is 0.163. The van der Waals surface area contributed by atoms with Gasteiger partial charge in [-0.15, -0.1) is 0 Å². The largest absolute Gasteiger partial charge is 0.508 e. The third kappa shape index (κ3) is 17.9. The number of hydroxylamine groups is 2. The number of likely N-dealkylation sites (N-methyl/N-ethyl adjacent to an activating group) is 1. The van der Waals surface area contributed by atoms with Gasteiger partial charge >= 0.3 is 0 Å². The minimum atomic E-state index is -0.933. The van der Waals surface area contributed by atoms with E-state index in [9.17, 15) is 19.2 Å². The van der Waals surface area contributed by atoms with Crippen LogP contribution in [0.15, 0.2) is 115 Å². The van der Waals surface area contributed by atoms with Crippen LogP contribution in [0.3, 0.4) is 0 Å². The van der Waals surface area contributed by atoms with E-state index < -0.39 is 18.2 Å². The van der Waals surface area contributed by atoms with Crippen LogP contribution < -0.4 is 5.32 Å². The molecule has 5 rings (SSSR count). The van der Waals surface area contributed by atoms with E-state index in [0.29, 0.717) is 18.4 Å². The number of aryl methyl sites for hydroxylation is 2. The molecule has 2 atom stereocenters. The van der Waals surface area contributed by atoms with Gasteiger partial charge in [0.1, 0.15) is 18.2 Å². The van der Waals surface area contributed by atoms with Crippen LogP contribution in [0.4, 0.5) is 0 Å². The Bertz CT molecular complexity index is 1570. The summed E-state index contributed by atoms with van der Waals surface area (Å²) in [7, 11) is 3.32. The van der Waals surface area contributed by atoms with Crippen molar-refractivity contribution in [3.8, 4) is 5.75 Å². The number of aromatic hydroxyl groups is 1. The van der Waals surface area contributed by atoms with Gasteiger partial charge in [0.15, 0.2) is 6.10 Å². The van der Waals surface area contributed by atoms with Crippen molar-refractivity contribution >= 4 is 24.5 Å². The number of carbonyl (C=O) groups is 4. The molecule has 1 aliphatic heterocycles. The predicted molar refractivity (Wildman–Crippen MR) is 208 cm³/mol. The molecule has 4 aromatic rings. The summed E-state index contributed by atoms with van der Waals surface area (Å²) in [6.45, 7) is 4.74. The number of phenols is 1. The number of carbonyl (C=O) groups excluding carboxylic acids is 4. The molecule has 0 spiro atoms. The first-order valence-corrected chi connectivity index (χ1v) is 17.7. The van der Waals surface area contributed by atoms with Gasteiger partial charge in [0.05, 0.1) is 26.3 Å². The maximum absolute atomic E-state index is 12.9. The first-order valence-electron chi connectivity index (χ1n) is 17.7. The molecule has 290 valence electrons. The van der Waals surface area contributed by atoms with Crippen molar-refractivity contribution in [2.45, 2.75) is 39.0 Å². The zero-order valence-electron chi connectivity index (χ0n) is 31.6. The van der Waals surface area contributed by atoms with Gasteiger partial charge in [0.2, 0.25) is 12.3 Å². The number of aldehydes is 1. The van der Waals surface area contributed by atoms with E-state index in [1.54, 1.807) is 31.2 Å². The number of aliphatic hydroxyl groups excluding tert-OH is 1. The zero-order chi connectivity index (χ0) is 39.6. The number of hydrogen-bond acceptors (Lipinski definition) is 9. The Morgan fingerprint density at radius 2 is 1.43 bits per heavy atom. The summed E-state index contributed by atoms with van der Waals surface area (Å²) in [5.74, 6) is -0.403. The monoisotopic (exact) mass is 742 g/mol. The van der Waals surface area contributed by atoms with Crippen LogP contribution in [0.1, 0.15) is 22.3 Å². The zero-order valence-corrected chi connectivity index (χ0v) is 31.6. The van der Waals surface area contributed by atoms with Crippen molar-refractivity contribution in [1.82, 2.24) is 20.2 Å². The van der Waals surface area contributed by atoms with Gasteiger partial charge in [-0.3, -0.25) is 24.1 Å². The Morgan fingerprint density at radius 3 is 1.89 bits per heavy atom. The summed E-state index contributed by atoms with van der Waals surface area (Å²) in [6.07, 6.45) is 0.423. The lowest BCUT2D eigenvalue weighted by Gasteiger charge is -2.44. The summed E-state index contributed by atoms with van der Waals surface area (Å²) in [6, 6.07) is 36.9. The molecule has 1 heterocycles. The molecule has 2 unspecified atom stereocenters. The van der Waals surface area contributed by atoms with E-state index in [1.807, 2.05) is 78.9 Å². The fourth-order valence-electron chi connectivity index (χ4n) is 5.04. The molecule has 1 fully saturated rings. The number of phenolic OH excluding ortho intramolecular Hbond substituents is 1. The lowest BCUT2D eigenvalue weighted by atomic mass is 10.1. The van der Waals surface area contributed by atoms with Gasteiger partial charge in [-0.05, 0) is 50.6 Å². The maximum atomic E-state index is 12.9. The molecule has 0 aliphatic carbocycles. The molecule has 12 heteroatoms. The molecule has 3 amide bonds. The number of rotatable bonds is 14. The van der Waals surface area contributed by atoms with Crippen molar-refractivity contribution in [2.75, 3.05) is 53.6 Å². The molecule has 1 aliphatic rings. The molecule has 0 radical (unpaired) electrons. The third-order valence-electron chi connectivity index (χ3n) is 7.83. The van der Waals surface area contributed by atoms with Crippen molar-refractivity contribution in [3.05, 3.63) is 138 Å². The third-order valence-corrected chi connectivity index (χ3v) is 7.83. The molecule has 12 nitrogen and oxygen atoms in total. The van der Waals surface area contributed by atoms with E-state index in [0.717, 1.165) is 23.7 Å². The standard InChI is InChI=1S/C19H26N4O6.C9H12O2.2C7H8/c1-21(12-17(27)20-7-9-24)13-18-22(8-10-25)19(28)16(29-23(18)14-26)11-15-5-3-2-4-6-15;1-11-7-6-8-2-4-9(10)5-3-8;2*1-7-5-3-2-4-6-7/h2-6,10,14,16,18,24H,7-9,11-13H2,1H3,(H,20,27);2-5,10H,6-7H2,1H3;2*2-6H,1H3. The van der Waals surface area contributed by atoms with Crippen LogP contribution in [0.25, 0.3) is 0 Å². The Morgan fingerprint density at radius 1 is 0.870 bits per heavy atom. The van der Waals surface area contributed by atoms with Crippen molar-refractivity contribution in [3.63, 3.8) is 0 Å². The lowest BCUT2D eigenvalue weighted by molar-refractivity contribution is -0.256. The number of amides is 3. The van der Waals surface area contributed by atoms with Crippen molar-refractivity contribution in [2.24, 2.45) is 0 Å². The van der Waals surface area contributed by atoms with Crippen LogP contribution in [0, 0.1) is 13.8 Å². The highest BCUT2D eigenvalue weighted by molar-refractivity contribution is 5.84. The molecule has 0 saturated carbocycles. The Hall–Kier alpha value is -5.40. The first-order chi connectivity index (χ1) is 26.1. The molecule has 1 saturated heterocycles. The summed E-state index contributed by atoms with van der Waals surface area (Å²) >= 11 is 0. The molecule has 0 aromatic heterocycles. The van der Waals surface area contributed by atoms with Crippen molar-refractivity contribution < 1.29 is 39.0 Å². The van der Waals surface area contributed by atoms with Crippen LogP contribution >= 0.6 is 0 Å². The van der Waals surface area contributed by atoms with Crippen LogP contribution in [-0.2, 0) is 41.6 Å². The molecule has 4 aromatic carbocycles. The van der Waals surface area contributed by atoms with Gasteiger partial charge in [-0.1, -0.05) is 114 Å². The van der Waals surface area contributed by atoms with Gasteiger partial charge in [0, 0.05) is 26.6 Å². The molecule has 0 bridgehead atoms. The van der Waals surface area contributed by atoms with Gasteiger partial charge in [0.25, 0.3) is 5.91 Å². The maximum Gasteiger partial charge on any atom is 0.256 e. The SMILES string of the molecule is CN(CC(=O)NCCO)CC1N(C=O)OC(Cc2ccccc2)C(=O)N1CC=O.COCCc1ccc(O)cc1.Cc1ccccc1.Cc1ccccc1. The molecular formula is C42H54N4O8.